The number of carboxylic acids is 1. The molecule has 1 aliphatic carbocycles. The summed E-state index contributed by atoms with van der Waals surface area (Å²) in [4.78, 5) is 23.4. The minimum absolute atomic E-state index is 0. The average Bonchev–Trinajstić information content (AvgIpc) is 2.66. The molecule has 2 aromatic carbocycles. The van der Waals surface area contributed by atoms with Crippen LogP contribution in [-0.4, -0.2) is 33.9 Å². The predicted molar refractivity (Wildman–Crippen MR) is 103 cm³/mol. The maximum atomic E-state index is 11.7. The van der Waals surface area contributed by atoms with Crippen molar-refractivity contribution in [3.63, 3.8) is 0 Å². The van der Waals surface area contributed by atoms with Gasteiger partial charge < -0.3 is 24.7 Å². The molecule has 2 aromatic rings. The molecule has 0 bridgehead atoms. The molecule has 4 rings (SSSR count). The van der Waals surface area contributed by atoms with E-state index in [-0.39, 0.29) is 24.4 Å². The highest BCUT2D eigenvalue weighted by atomic mass is 16.4. The highest BCUT2D eigenvalue weighted by Crippen LogP contribution is 2.41. The largest absolute Gasteiger partial charge is 0.508 e. The Morgan fingerprint density at radius 3 is 2.36 bits per heavy atom. The fourth-order valence-electron chi connectivity index (χ4n) is 3.04. The molecule has 0 unspecified atom stereocenters. The summed E-state index contributed by atoms with van der Waals surface area (Å²) in [5.74, 6) is -0.691. The molecule has 0 saturated carbocycles. The zero-order valence-corrected chi connectivity index (χ0v) is 14.4. The van der Waals surface area contributed by atoms with E-state index < -0.39 is 5.97 Å². The molecule has 0 saturated heterocycles. The number of aromatic hydroxyl groups is 1. The average molecular weight is 377 g/mol. The fraction of sp³-hybridized carbons (Fsp3) is 0. The van der Waals surface area contributed by atoms with Crippen LogP contribution in [0.15, 0.2) is 69.9 Å². The van der Waals surface area contributed by atoms with Crippen molar-refractivity contribution in [3.8, 4) is 28.2 Å². The van der Waals surface area contributed by atoms with E-state index in [1.165, 1.54) is 30.3 Å². The van der Waals surface area contributed by atoms with Gasteiger partial charge in [-0.05, 0) is 35.9 Å². The number of phenols is 1. The first-order chi connectivity index (χ1) is 13.5. The van der Waals surface area contributed by atoms with Crippen LogP contribution in [0.5, 0.6) is 5.75 Å². The summed E-state index contributed by atoms with van der Waals surface area (Å²) in [6.07, 6.45) is 0. The Morgan fingerprint density at radius 1 is 0.929 bits per heavy atom. The van der Waals surface area contributed by atoms with Gasteiger partial charge in [-0.1, -0.05) is 18.2 Å². The quantitative estimate of drug-likeness (QED) is 0.312. The van der Waals surface area contributed by atoms with Crippen molar-refractivity contribution < 1.29 is 29.5 Å². The third-order valence-electron chi connectivity index (χ3n) is 4.10. The molecular weight excluding hydrogens is 363 g/mol. The van der Waals surface area contributed by atoms with E-state index in [0.717, 1.165) is 0 Å². The van der Waals surface area contributed by atoms with Gasteiger partial charge in [-0.15, -0.1) is 0 Å². The molecule has 1 radical (unpaired) electrons. The summed E-state index contributed by atoms with van der Waals surface area (Å²) in [5.41, 5.74) is 2.10. The number of phenolic OH excluding ortho intramolecular Hbond substituents is 1. The maximum absolute atomic E-state index is 11.7. The summed E-state index contributed by atoms with van der Waals surface area (Å²) in [7, 11) is 0. The van der Waals surface area contributed by atoms with Crippen LogP contribution < -0.4 is 5.43 Å². The standard InChI is InChI=1S/C20H12O5.BH2O2/c21-11-5-7-15-17(9-11)25-18-10-12(22)6-8-16(18)19(15)13-3-1-2-4-14(13)20(23)24;2-1-3/h1-10,21H,(H,23,24);2-3H. The van der Waals surface area contributed by atoms with Gasteiger partial charge in [0.2, 0.25) is 0 Å². The van der Waals surface area contributed by atoms with Gasteiger partial charge >= 0.3 is 13.7 Å². The summed E-state index contributed by atoms with van der Waals surface area (Å²) in [5, 5.41) is 33.9. The highest BCUT2D eigenvalue weighted by Gasteiger charge is 2.21. The van der Waals surface area contributed by atoms with Gasteiger partial charge in [0.05, 0.1) is 5.56 Å². The number of hydrogen-bond donors (Lipinski definition) is 4. The Morgan fingerprint density at radius 2 is 1.64 bits per heavy atom. The topological polar surface area (TPSA) is 128 Å². The van der Waals surface area contributed by atoms with Crippen LogP contribution in [0.1, 0.15) is 10.4 Å². The zero-order chi connectivity index (χ0) is 20.3. The van der Waals surface area contributed by atoms with Crippen molar-refractivity contribution in [1.82, 2.24) is 0 Å². The Hall–Kier alpha value is -3.62. The SMILES string of the molecule is O=C(O)c1ccccc1-c1c2ccc(=O)cc-2oc2cc(O)ccc12.O[B]O. The lowest BCUT2D eigenvalue weighted by Gasteiger charge is -2.16. The lowest BCUT2D eigenvalue weighted by Crippen LogP contribution is -2.03. The van der Waals surface area contributed by atoms with Crippen LogP contribution >= 0.6 is 0 Å². The number of carbonyl (C=O) groups is 1. The summed E-state index contributed by atoms with van der Waals surface area (Å²) in [6.45, 7) is 0. The van der Waals surface area contributed by atoms with Crippen LogP contribution in [0.3, 0.4) is 0 Å². The van der Waals surface area contributed by atoms with Gasteiger partial charge in [-0.3, -0.25) is 4.79 Å². The van der Waals surface area contributed by atoms with Crippen LogP contribution in [0, 0.1) is 0 Å². The van der Waals surface area contributed by atoms with E-state index >= 15 is 0 Å². The first-order valence-electron chi connectivity index (χ1n) is 8.08. The summed E-state index contributed by atoms with van der Waals surface area (Å²) in [6, 6.07) is 15.7. The van der Waals surface area contributed by atoms with Crippen LogP contribution in [-0.2, 0) is 0 Å². The van der Waals surface area contributed by atoms with Crippen molar-refractivity contribution in [2.45, 2.75) is 0 Å². The number of rotatable bonds is 2. The summed E-state index contributed by atoms with van der Waals surface area (Å²) < 4.78 is 5.76. The second-order valence-corrected chi connectivity index (χ2v) is 5.78. The molecule has 139 valence electrons. The molecule has 8 heteroatoms. The van der Waals surface area contributed by atoms with Crippen molar-refractivity contribution in [3.05, 3.63) is 76.5 Å². The van der Waals surface area contributed by atoms with Gasteiger partial charge in [-0.25, -0.2) is 4.79 Å². The number of carboxylic acid groups (broad SMARTS) is 1. The third-order valence-corrected chi connectivity index (χ3v) is 4.10. The lowest BCUT2D eigenvalue weighted by molar-refractivity contribution is 0.0697. The molecule has 1 heterocycles. The van der Waals surface area contributed by atoms with Gasteiger partial charge in [0.25, 0.3) is 0 Å². The molecule has 28 heavy (non-hydrogen) atoms. The Labute approximate surface area is 159 Å². The predicted octanol–water partition coefficient (Wildman–Crippen LogP) is 2.47. The zero-order valence-electron chi connectivity index (χ0n) is 14.4. The maximum Gasteiger partial charge on any atom is 0.482 e. The smallest absolute Gasteiger partial charge is 0.482 e. The molecule has 7 nitrogen and oxygen atoms in total. The Balaban J connectivity index is 0.000000706. The van der Waals surface area contributed by atoms with Crippen LogP contribution in [0.2, 0.25) is 0 Å². The lowest BCUT2D eigenvalue weighted by atomic mass is 9.91. The first kappa shape index (κ1) is 19.2. The fourth-order valence-corrected chi connectivity index (χ4v) is 3.04. The van der Waals surface area contributed by atoms with Crippen molar-refractivity contribution >= 4 is 24.6 Å². The van der Waals surface area contributed by atoms with E-state index in [4.69, 9.17) is 14.5 Å². The van der Waals surface area contributed by atoms with Gasteiger partial charge in [-0.2, -0.15) is 0 Å². The van der Waals surface area contributed by atoms with E-state index in [0.29, 0.717) is 33.4 Å². The number of benzene rings is 3. The van der Waals surface area contributed by atoms with Gasteiger partial charge in [0, 0.05) is 28.6 Å². The molecule has 4 N–H and O–H groups in total. The molecule has 0 spiro atoms. The summed E-state index contributed by atoms with van der Waals surface area (Å²) >= 11 is 0. The van der Waals surface area contributed by atoms with Gasteiger partial charge in [0.1, 0.15) is 17.1 Å². The van der Waals surface area contributed by atoms with E-state index in [1.807, 2.05) is 0 Å². The molecule has 0 aromatic heterocycles. The van der Waals surface area contributed by atoms with Crippen molar-refractivity contribution in [2.75, 3.05) is 0 Å². The molecule has 0 amide bonds. The normalized spacial score (nSPS) is 10.4. The van der Waals surface area contributed by atoms with Crippen LogP contribution in [0.25, 0.3) is 33.4 Å². The second-order valence-electron chi connectivity index (χ2n) is 5.78. The third kappa shape index (κ3) is 3.59. The molecule has 0 atom stereocenters. The Bertz CT molecular complexity index is 1180. The number of hydrogen-bond acceptors (Lipinski definition) is 6. The minimum Gasteiger partial charge on any atom is -0.508 e. The minimum atomic E-state index is -1.04. The highest BCUT2D eigenvalue weighted by molar-refractivity contribution is 6.13. The monoisotopic (exact) mass is 377 g/mol. The molecule has 2 aliphatic rings. The van der Waals surface area contributed by atoms with Crippen LogP contribution in [0.4, 0.5) is 0 Å². The van der Waals surface area contributed by atoms with E-state index in [1.54, 1.807) is 30.3 Å². The molecule has 1 aliphatic heterocycles. The first-order valence-corrected chi connectivity index (χ1v) is 8.08. The molecular formula is C20H14BO7. The van der Waals surface area contributed by atoms with E-state index in [9.17, 15) is 19.8 Å². The molecule has 0 fully saturated rings. The Kier molecular flexibility index (Phi) is 5.44. The van der Waals surface area contributed by atoms with E-state index in [2.05, 4.69) is 0 Å². The van der Waals surface area contributed by atoms with Crippen molar-refractivity contribution in [1.29, 1.82) is 0 Å². The van der Waals surface area contributed by atoms with Gasteiger partial charge in [0.15, 0.2) is 5.43 Å². The second kappa shape index (κ2) is 7.95. The number of aromatic carboxylic acids is 1. The van der Waals surface area contributed by atoms with Crippen molar-refractivity contribution in [2.24, 2.45) is 0 Å². The number of fused-ring (bicyclic) bond motifs is 2.